The van der Waals surface area contributed by atoms with Crippen molar-refractivity contribution < 1.29 is 9.47 Å². The predicted molar refractivity (Wildman–Crippen MR) is 181 cm³/mol. The molecule has 4 nitrogen and oxygen atoms in total. The molecule has 2 atom stereocenters. The summed E-state index contributed by atoms with van der Waals surface area (Å²) in [5.74, 6) is 0.0336. The molecule has 2 unspecified atom stereocenters. The molecule has 0 aromatic rings. The second kappa shape index (κ2) is 23.3. The molecule has 0 aromatic heterocycles. The van der Waals surface area contributed by atoms with E-state index in [1.54, 1.807) is 0 Å². The van der Waals surface area contributed by atoms with E-state index in [2.05, 4.69) is 65.2 Å². The van der Waals surface area contributed by atoms with E-state index in [9.17, 15) is 0 Å². The van der Waals surface area contributed by atoms with Crippen molar-refractivity contribution in [1.29, 1.82) is 0 Å². The quantitative estimate of drug-likeness (QED) is 0.0712. The van der Waals surface area contributed by atoms with Crippen molar-refractivity contribution in [3.8, 4) is 0 Å². The van der Waals surface area contributed by atoms with Gasteiger partial charge in [-0.25, -0.2) is 0 Å². The van der Waals surface area contributed by atoms with Gasteiger partial charge in [0.1, 0.15) is 0 Å². The summed E-state index contributed by atoms with van der Waals surface area (Å²) >= 11 is 0. The number of likely N-dealkylation sites (tertiary alicyclic amines) is 1. The van der Waals surface area contributed by atoms with Crippen LogP contribution in [-0.4, -0.2) is 67.6 Å². The molecule has 0 amide bonds. The summed E-state index contributed by atoms with van der Waals surface area (Å²) in [5.41, 5.74) is 0.361. The zero-order valence-corrected chi connectivity index (χ0v) is 29.5. The topological polar surface area (TPSA) is 24.9 Å². The Balaban J connectivity index is 2.57. The van der Waals surface area contributed by atoms with Gasteiger partial charge < -0.3 is 14.4 Å². The minimum Gasteiger partial charge on any atom is -0.350 e. The summed E-state index contributed by atoms with van der Waals surface area (Å²) in [6, 6.07) is 0.731. The molecule has 1 aliphatic heterocycles. The second-order valence-corrected chi connectivity index (χ2v) is 14.5. The van der Waals surface area contributed by atoms with E-state index < -0.39 is 5.79 Å². The number of hydrogen-bond donors (Lipinski definition) is 0. The van der Waals surface area contributed by atoms with Crippen LogP contribution in [0, 0.1) is 11.3 Å². The van der Waals surface area contributed by atoms with Gasteiger partial charge >= 0.3 is 0 Å². The second-order valence-electron chi connectivity index (χ2n) is 14.5. The highest BCUT2D eigenvalue weighted by atomic mass is 16.7. The molecule has 246 valence electrons. The van der Waals surface area contributed by atoms with Gasteiger partial charge in [-0.2, -0.15) is 0 Å². The normalized spacial score (nSPS) is 17.6. The van der Waals surface area contributed by atoms with Gasteiger partial charge in [0.15, 0.2) is 5.79 Å². The molecule has 0 radical (unpaired) electrons. The Labute approximate surface area is 259 Å². The van der Waals surface area contributed by atoms with Crippen LogP contribution in [-0.2, 0) is 9.47 Å². The Bertz CT molecular complexity index is 584. The third-order valence-electron chi connectivity index (χ3n) is 9.28. The van der Waals surface area contributed by atoms with Crippen molar-refractivity contribution in [2.45, 2.75) is 183 Å². The molecule has 0 N–H and O–H groups in total. The molecule has 1 fully saturated rings. The maximum absolute atomic E-state index is 6.28. The third-order valence-corrected chi connectivity index (χ3v) is 9.28. The van der Waals surface area contributed by atoms with Crippen LogP contribution in [0.5, 0.6) is 0 Å². The maximum atomic E-state index is 6.28. The van der Waals surface area contributed by atoms with Crippen LogP contribution >= 0.6 is 0 Å². The third kappa shape index (κ3) is 18.3. The van der Waals surface area contributed by atoms with Crippen molar-refractivity contribution in [3.05, 3.63) is 0 Å². The number of nitrogens with zero attached hydrogens (tertiary/aromatic N) is 2. The van der Waals surface area contributed by atoms with E-state index in [-0.39, 0.29) is 0 Å². The highest BCUT2D eigenvalue weighted by Crippen LogP contribution is 2.33. The number of rotatable bonds is 27. The molecule has 0 aromatic carbocycles. The first-order valence-corrected chi connectivity index (χ1v) is 18.4. The Morgan fingerprint density at radius 1 is 0.683 bits per heavy atom. The van der Waals surface area contributed by atoms with E-state index in [0.717, 1.165) is 19.3 Å². The molecular formula is C37H76N2O2. The van der Waals surface area contributed by atoms with Crippen LogP contribution in [0.25, 0.3) is 0 Å². The highest BCUT2D eigenvalue weighted by Gasteiger charge is 2.35. The van der Waals surface area contributed by atoms with Crippen molar-refractivity contribution in [3.63, 3.8) is 0 Å². The van der Waals surface area contributed by atoms with Crippen LogP contribution < -0.4 is 0 Å². The predicted octanol–water partition coefficient (Wildman–Crippen LogP) is 10.5. The molecule has 1 rings (SSSR count). The molecule has 1 heterocycles. The van der Waals surface area contributed by atoms with Gasteiger partial charge in [0, 0.05) is 38.3 Å². The smallest absolute Gasteiger partial charge is 0.168 e. The lowest BCUT2D eigenvalue weighted by atomic mass is 9.88. The fraction of sp³-hybridized carbons (Fsp3) is 1.00. The molecule has 1 saturated heterocycles. The molecule has 0 saturated carbocycles. The fourth-order valence-electron chi connectivity index (χ4n) is 7.01. The monoisotopic (exact) mass is 581 g/mol. The Kier molecular flexibility index (Phi) is 22.0. The minimum absolute atomic E-state index is 0.361. The maximum Gasteiger partial charge on any atom is 0.168 e. The standard InChI is InChI=1S/C37H76N2O2/c1-9-13-15-17-19-20-22-24-30-39(33-36(5,6)7)35-28-31-38(32-35)29-25-27-34(26-23-21-18-16-14-10-2)37(8,40-11-3)41-12-4/h34-35H,9-33H2,1-8H3. The van der Waals surface area contributed by atoms with Crippen molar-refractivity contribution in [2.75, 3.05) is 45.9 Å². The molecule has 0 aliphatic carbocycles. The van der Waals surface area contributed by atoms with Crippen LogP contribution in [0.3, 0.4) is 0 Å². The first-order valence-electron chi connectivity index (χ1n) is 18.4. The number of hydrogen-bond acceptors (Lipinski definition) is 4. The summed E-state index contributed by atoms with van der Waals surface area (Å²) in [6.07, 6.45) is 24.4. The molecule has 41 heavy (non-hydrogen) atoms. The van der Waals surface area contributed by atoms with Crippen LogP contribution in [0.2, 0.25) is 0 Å². The fourth-order valence-corrected chi connectivity index (χ4v) is 7.01. The van der Waals surface area contributed by atoms with E-state index in [1.807, 2.05) is 0 Å². The molecular weight excluding hydrogens is 504 g/mol. The van der Waals surface area contributed by atoms with Crippen LogP contribution in [0.1, 0.15) is 171 Å². The van der Waals surface area contributed by atoms with Crippen molar-refractivity contribution in [2.24, 2.45) is 11.3 Å². The lowest BCUT2D eigenvalue weighted by molar-refractivity contribution is -0.254. The Hall–Kier alpha value is -0.160. The van der Waals surface area contributed by atoms with Gasteiger partial charge in [-0.05, 0) is 77.9 Å². The Morgan fingerprint density at radius 2 is 1.20 bits per heavy atom. The average molecular weight is 581 g/mol. The molecule has 0 bridgehead atoms. The van der Waals surface area contributed by atoms with Crippen LogP contribution in [0.15, 0.2) is 0 Å². The first kappa shape index (κ1) is 38.9. The van der Waals surface area contributed by atoms with E-state index in [4.69, 9.17) is 9.47 Å². The summed E-state index contributed by atoms with van der Waals surface area (Å²) < 4.78 is 12.6. The Morgan fingerprint density at radius 3 is 1.73 bits per heavy atom. The zero-order valence-electron chi connectivity index (χ0n) is 29.5. The molecule has 1 aliphatic rings. The van der Waals surface area contributed by atoms with E-state index in [1.165, 1.54) is 148 Å². The summed E-state index contributed by atoms with van der Waals surface area (Å²) in [6.45, 7) is 26.0. The number of ether oxygens (including phenoxy) is 2. The van der Waals surface area contributed by atoms with Crippen LogP contribution in [0.4, 0.5) is 0 Å². The minimum atomic E-state index is -0.444. The first-order chi connectivity index (χ1) is 19.7. The van der Waals surface area contributed by atoms with Gasteiger partial charge in [-0.1, -0.05) is 118 Å². The lowest BCUT2D eigenvalue weighted by Crippen LogP contribution is -2.43. The highest BCUT2D eigenvalue weighted by molar-refractivity contribution is 4.86. The number of unbranched alkanes of at least 4 members (excludes halogenated alkanes) is 12. The van der Waals surface area contributed by atoms with Gasteiger partial charge in [-0.15, -0.1) is 0 Å². The SMILES string of the molecule is CCCCCCCCCCN(CC(C)(C)C)C1CCN(CCCC(CCCCCCCC)C(C)(OCC)OCC)C1. The molecule has 0 spiro atoms. The van der Waals surface area contributed by atoms with Crippen molar-refractivity contribution in [1.82, 2.24) is 9.80 Å². The van der Waals surface area contributed by atoms with Gasteiger partial charge in [0.05, 0.1) is 0 Å². The van der Waals surface area contributed by atoms with Gasteiger partial charge in [0.2, 0.25) is 0 Å². The van der Waals surface area contributed by atoms with Gasteiger partial charge in [0.25, 0.3) is 0 Å². The summed E-state index contributed by atoms with van der Waals surface area (Å²) in [4.78, 5) is 5.62. The largest absolute Gasteiger partial charge is 0.350 e. The zero-order chi connectivity index (χ0) is 30.4. The lowest BCUT2D eigenvalue weighted by Gasteiger charge is -2.37. The summed E-state index contributed by atoms with van der Waals surface area (Å²) in [7, 11) is 0. The van der Waals surface area contributed by atoms with E-state index >= 15 is 0 Å². The molecule has 4 heteroatoms. The van der Waals surface area contributed by atoms with E-state index in [0.29, 0.717) is 11.3 Å². The van der Waals surface area contributed by atoms with Gasteiger partial charge in [-0.3, -0.25) is 4.90 Å². The summed E-state index contributed by atoms with van der Waals surface area (Å²) in [5, 5.41) is 0. The average Bonchev–Trinajstić information content (AvgIpc) is 3.39. The van der Waals surface area contributed by atoms with Crippen molar-refractivity contribution >= 4 is 0 Å².